The summed E-state index contributed by atoms with van der Waals surface area (Å²) in [6.45, 7) is 4.22. The van der Waals surface area contributed by atoms with E-state index in [-0.39, 0.29) is 21.5 Å². The van der Waals surface area contributed by atoms with Crippen molar-refractivity contribution in [1.82, 2.24) is 9.62 Å². The van der Waals surface area contributed by atoms with E-state index in [0.29, 0.717) is 13.1 Å². The summed E-state index contributed by atoms with van der Waals surface area (Å²) in [6, 6.07) is 3.88. The standard InChI is InChI=1S/C17H23ClN2O5S/c1-3-12(2)19-16(21)11-25-17(22)14-10-13(6-7-15(14)18)26(23,24)20-8-4-5-9-20/h6-7,10,12H,3-5,8-9,11H2,1-2H3,(H,19,21)/t12-/m1/s1. The molecular formula is C17H23ClN2O5S. The van der Waals surface area contributed by atoms with Gasteiger partial charge in [-0.2, -0.15) is 4.31 Å². The number of nitrogens with zero attached hydrogens (tertiary/aromatic N) is 1. The Morgan fingerprint density at radius 1 is 1.31 bits per heavy atom. The van der Waals surface area contributed by atoms with Gasteiger partial charge in [0.15, 0.2) is 6.61 Å². The fourth-order valence-corrected chi connectivity index (χ4v) is 4.26. The number of nitrogens with one attached hydrogen (secondary N) is 1. The molecule has 2 rings (SSSR count). The fraction of sp³-hybridized carbons (Fsp3) is 0.529. The molecule has 1 saturated heterocycles. The van der Waals surface area contributed by atoms with Crippen molar-refractivity contribution >= 4 is 33.5 Å². The lowest BCUT2D eigenvalue weighted by Gasteiger charge is -2.16. The van der Waals surface area contributed by atoms with Crippen molar-refractivity contribution in [3.63, 3.8) is 0 Å². The van der Waals surface area contributed by atoms with Gasteiger partial charge in [-0.25, -0.2) is 13.2 Å². The summed E-state index contributed by atoms with van der Waals surface area (Å²) in [4.78, 5) is 23.9. The Hall–Kier alpha value is -1.64. The average Bonchev–Trinajstić information content (AvgIpc) is 3.15. The van der Waals surface area contributed by atoms with E-state index in [1.165, 1.54) is 22.5 Å². The number of halogens is 1. The van der Waals surface area contributed by atoms with Crippen LogP contribution in [0.2, 0.25) is 5.02 Å². The molecule has 0 unspecified atom stereocenters. The van der Waals surface area contributed by atoms with Crippen LogP contribution in [0.5, 0.6) is 0 Å². The fourth-order valence-electron chi connectivity index (χ4n) is 2.53. The second kappa shape index (κ2) is 8.83. The van der Waals surface area contributed by atoms with E-state index < -0.39 is 28.5 Å². The number of benzene rings is 1. The molecule has 26 heavy (non-hydrogen) atoms. The molecule has 7 nitrogen and oxygen atoms in total. The molecule has 0 aromatic heterocycles. The largest absolute Gasteiger partial charge is 0.452 e. The van der Waals surface area contributed by atoms with Gasteiger partial charge in [0.25, 0.3) is 5.91 Å². The molecule has 1 atom stereocenters. The first kappa shape index (κ1) is 20.7. The molecule has 1 aliphatic rings. The highest BCUT2D eigenvalue weighted by atomic mass is 35.5. The topological polar surface area (TPSA) is 92.8 Å². The van der Waals surface area contributed by atoms with Crippen LogP contribution in [0.3, 0.4) is 0 Å². The minimum absolute atomic E-state index is 0.0141. The quantitative estimate of drug-likeness (QED) is 0.706. The SMILES string of the molecule is CC[C@@H](C)NC(=O)COC(=O)c1cc(S(=O)(=O)N2CCCC2)ccc1Cl. The first-order valence-electron chi connectivity index (χ1n) is 8.52. The third-order valence-electron chi connectivity index (χ3n) is 4.21. The molecule has 1 fully saturated rings. The number of esters is 1. The molecule has 1 aromatic rings. The molecule has 1 aromatic carbocycles. The van der Waals surface area contributed by atoms with Crippen LogP contribution in [-0.2, 0) is 19.6 Å². The number of rotatable bonds is 7. The first-order chi connectivity index (χ1) is 12.3. The van der Waals surface area contributed by atoms with Crippen molar-refractivity contribution in [3.05, 3.63) is 28.8 Å². The van der Waals surface area contributed by atoms with Gasteiger partial charge in [-0.3, -0.25) is 4.79 Å². The Morgan fingerprint density at radius 2 is 1.96 bits per heavy atom. The molecule has 9 heteroatoms. The number of hydrogen-bond acceptors (Lipinski definition) is 5. The summed E-state index contributed by atoms with van der Waals surface area (Å²) in [6.07, 6.45) is 2.38. The molecule has 144 valence electrons. The first-order valence-corrected chi connectivity index (χ1v) is 10.3. The highest BCUT2D eigenvalue weighted by Crippen LogP contribution is 2.25. The van der Waals surface area contributed by atoms with Gasteiger partial charge >= 0.3 is 5.97 Å². The van der Waals surface area contributed by atoms with E-state index in [1.54, 1.807) is 0 Å². The highest BCUT2D eigenvalue weighted by molar-refractivity contribution is 7.89. The molecular weight excluding hydrogens is 380 g/mol. The van der Waals surface area contributed by atoms with Crippen molar-refractivity contribution in [1.29, 1.82) is 0 Å². The Balaban J connectivity index is 2.11. The van der Waals surface area contributed by atoms with Crippen LogP contribution in [-0.4, -0.2) is 50.3 Å². The molecule has 0 aliphatic carbocycles. The number of hydrogen-bond donors (Lipinski definition) is 1. The van der Waals surface area contributed by atoms with E-state index in [9.17, 15) is 18.0 Å². The number of carbonyl (C=O) groups is 2. The number of amides is 1. The summed E-state index contributed by atoms with van der Waals surface area (Å²) in [5.74, 6) is -1.27. The Bertz CT molecular complexity index is 775. The van der Waals surface area contributed by atoms with Gasteiger partial charge < -0.3 is 10.1 Å². The second-order valence-corrected chi connectivity index (χ2v) is 8.55. The molecule has 0 spiro atoms. The maximum Gasteiger partial charge on any atom is 0.340 e. The van der Waals surface area contributed by atoms with Crippen LogP contribution >= 0.6 is 11.6 Å². The number of carbonyl (C=O) groups excluding carboxylic acids is 2. The number of sulfonamides is 1. The summed E-state index contributed by atoms with van der Waals surface area (Å²) in [7, 11) is -3.67. The predicted octanol–water partition coefficient (Wildman–Crippen LogP) is 2.20. The van der Waals surface area contributed by atoms with Crippen molar-refractivity contribution in [2.24, 2.45) is 0 Å². The molecule has 1 aliphatic heterocycles. The van der Waals surface area contributed by atoms with Gasteiger partial charge in [0.05, 0.1) is 15.5 Å². The smallest absolute Gasteiger partial charge is 0.340 e. The van der Waals surface area contributed by atoms with Crippen molar-refractivity contribution in [2.75, 3.05) is 19.7 Å². The van der Waals surface area contributed by atoms with Crippen LogP contribution in [0.4, 0.5) is 0 Å². The van der Waals surface area contributed by atoms with Crippen LogP contribution in [0.25, 0.3) is 0 Å². The summed E-state index contributed by atoms with van der Waals surface area (Å²) in [5.41, 5.74) is -0.0803. The lowest BCUT2D eigenvalue weighted by Crippen LogP contribution is -2.35. The van der Waals surface area contributed by atoms with Crippen molar-refractivity contribution < 1.29 is 22.7 Å². The third kappa shape index (κ3) is 4.96. The zero-order valence-corrected chi connectivity index (χ0v) is 16.4. The van der Waals surface area contributed by atoms with Gasteiger partial charge in [-0.15, -0.1) is 0 Å². The normalized spacial score (nSPS) is 16.3. The minimum atomic E-state index is -3.67. The van der Waals surface area contributed by atoms with Crippen molar-refractivity contribution in [3.8, 4) is 0 Å². The van der Waals surface area contributed by atoms with Gasteiger partial charge in [-0.1, -0.05) is 18.5 Å². The van der Waals surface area contributed by atoms with Crippen LogP contribution in [0.1, 0.15) is 43.5 Å². The third-order valence-corrected chi connectivity index (χ3v) is 6.44. The molecule has 0 bridgehead atoms. The van der Waals surface area contributed by atoms with E-state index in [0.717, 1.165) is 19.3 Å². The lowest BCUT2D eigenvalue weighted by molar-refractivity contribution is -0.124. The Labute approximate surface area is 158 Å². The van der Waals surface area contributed by atoms with Crippen LogP contribution in [0.15, 0.2) is 23.1 Å². The van der Waals surface area contributed by atoms with E-state index in [4.69, 9.17) is 16.3 Å². The van der Waals surface area contributed by atoms with Crippen LogP contribution < -0.4 is 5.32 Å². The maximum absolute atomic E-state index is 12.6. The monoisotopic (exact) mass is 402 g/mol. The second-order valence-electron chi connectivity index (χ2n) is 6.21. The average molecular weight is 403 g/mol. The molecule has 1 heterocycles. The van der Waals surface area contributed by atoms with Gasteiger partial charge in [0.1, 0.15) is 0 Å². The molecule has 1 amide bonds. The molecule has 0 radical (unpaired) electrons. The number of ether oxygens (including phenoxy) is 1. The van der Waals surface area contributed by atoms with Crippen molar-refractivity contribution in [2.45, 2.75) is 44.0 Å². The summed E-state index contributed by atoms with van der Waals surface area (Å²) >= 11 is 6.01. The summed E-state index contributed by atoms with van der Waals surface area (Å²) < 4.78 is 31.6. The lowest BCUT2D eigenvalue weighted by atomic mass is 10.2. The van der Waals surface area contributed by atoms with Gasteiger partial charge in [-0.05, 0) is 44.4 Å². The maximum atomic E-state index is 12.6. The van der Waals surface area contributed by atoms with E-state index >= 15 is 0 Å². The minimum Gasteiger partial charge on any atom is -0.452 e. The molecule has 0 saturated carbocycles. The zero-order valence-electron chi connectivity index (χ0n) is 14.8. The molecule has 1 N–H and O–H groups in total. The zero-order chi connectivity index (χ0) is 19.3. The van der Waals surface area contributed by atoms with Gasteiger partial charge in [0.2, 0.25) is 10.0 Å². The highest BCUT2D eigenvalue weighted by Gasteiger charge is 2.28. The van der Waals surface area contributed by atoms with E-state index in [1.807, 2.05) is 13.8 Å². The van der Waals surface area contributed by atoms with Gasteiger partial charge in [0, 0.05) is 19.1 Å². The Morgan fingerprint density at radius 3 is 2.58 bits per heavy atom. The predicted molar refractivity (Wildman–Crippen MR) is 97.6 cm³/mol. The van der Waals surface area contributed by atoms with E-state index in [2.05, 4.69) is 5.32 Å². The Kier molecular flexibility index (Phi) is 7.02. The summed E-state index contributed by atoms with van der Waals surface area (Å²) in [5, 5.41) is 2.74. The van der Waals surface area contributed by atoms with Crippen LogP contribution in [0, 0.1) is 0 Å².